The van der Waals surface area contributed by atoms with Crippen LogP contribution in [0.25, 0.3) is 0 Å². The number of nitrogens with two attached hydrogens (primary N) is 1. The fourth-order valence-electron chi connectivity index (χ4n) is 2.29. The minimum atomic E-state index is -1.00. The van der Waals surface area contributed by atoms with Crippen LogP contribution in [-0.4, -0.2) is 42.7 Å². The number of nitrogens with one attached hydrogen (secondary N) is 1. The average molecular weight is 279 g/mol. The van der Waals surface area contributed by atoms with Crippen LogP contribution in [0.3, 0.4) is 0 Å². The number of hydrogen-bond acceptors (Lipinski definition) is 4. The van der Waals surface area contributed by atoms with Gasteiger partial charge in [0.25, 0.3) is 0 Å². The summed E-state index contributed by atoms with van der Waals surface area (Å²) < 4.78 is 0. The van der Waals surface area contributed by atoms with Gasteiger partial charge in [-0.25, -0.2) is 4.79 Å². The number of nitrogens with zero attached hydrogens (tertiary/aromatic N) is 1. The SMILES string of the molecule is CC(C)CC(CN(C)C)Nc1cccc(C(=O)O)c1N. The number of aromatic carboxylic acids is 1. The van der Waals surface area contributed by atoms with Gasteiger partial charge in [0.2, 0.25) is 0 Å². The molecule has 0 saturated heterocycles. The van der Waals surface area contributed by atoms with Crippen LogP contribution in [0.1, 0.15) is 30.6 Å². The van der Waals surface area contributed by atoms with Crippen LogP contribution in [-0.2, 0) is 0 Å². The Labute approximate surface area is 120 Å². The van der Waals surface area contributed by atoms with Crippen molar-refractivity contribution in [2.45, 2.75) is 26.3 Å². The van der Waals surface area contributed by atoms with Gasteiger partial charge in [-0.3, -0.25) is 0 Å². The van der Waals surface area contributed by atoms with E-state index in [4.69, 9.17) is 10.8 Å². The van der Waals surface area contributed by atoms with Crippen LogP contribution in [0.2, 0.25) is 0 Å². The zero-order valence-electron chi connectivity index (χ0n) is 12.7. The molecule has 0 aliphatic rings. The molecule has 20 heavy (non-hydrogen) atoms. The van der Waals surface area contributed by atoms with Crippen molar-refractivity contribution in [3.05, 3.63) is 23.8 Å². The molecule has 112 valence electrons. The van der Waals surface area contributed by atoms with E-state index in [1.54, 1.807) is 6.07 Å². The van der Waals surface area contributed by atoms with Crippen molar-refractivity contribution >= 4 is 17.3 Å². The van der Waals surface area contributed by atoms with Crippen molar-refractivity contribution in [2.75, 3.05) is 31.7 Å². The minimum absolute atomic E-state index is 0.142. The average Bonchev–Trinajstić information content (AvgIpc) is 2.29. The number of carboxylic acid groups (broad SMARTS) is 1. The van der Waals surface area contributed by atoms with E-state index in [0.29, 0.717) is 17.3 Å². The number of rotatable bonds is 7. The monoisotopic (exact) mass is 279 g/mol. The van der Waals surface area contributed by atoms with E-state index >= 15 is 0 Å². The second-order valence-corrected chi connectivity index (χ2v) is 5.81. The highest BCUT2D eigenvalue weighted by Crippen LogP contribution is 2.24. The Morgan fingerprint density at radius 3 is 2.55 bits per heavy atom. The number of anilines is 2. The lowest BCUT2D eigenvalue weighted by Gasteiger charge is -2.26. The molecule has 0 aliphatic carbocycles. The molecule has 1 atom stereocenters. The van der Waals surface area contributed by atoms with Gasteiger partial charge in [0.05, 0.1) is 16.9 Å². The summed E-state index contributed by atoms with van der Waals surface area (Å²) in [5.74, 6) is -0.449. The summed E-state index contributed by atoms with van der Waals surface area (Å²) in [7, 11) is 4.04. The van der Waals surface area contributed by atoms with Gasteiger partial charge < -0.3 is 21.1 Å². The molecule has 1 unspecified atom stereocenters. The third-order valence-corrected chi connectivity index (χ3v) is 3.04. The Kier molecular flexibility index (Phi) is 5.82. The number of para-hydroxylation sites is 1. The molecule has 0 saturated carbocycles. The highest BCUT2D eigenvalue weighted by Gasteiger charge is 2.16. The second kappa shape index (κ2) is 7.14. The molecule has 5 heteroatoms. The Bertz CT molecular complexity index is 448. The second-order valence-electron chi connectivity index (χ2n) is 5.81. The molecule has 1 aromatic rings. The van der Waals surface area contributed by atoms with Crippen molar-refractivity contribution in [2.24, 2.45) is 5.92 Å². The van der Waals surface area contributed by atoms with Crippen LogP contribution in [0.4, 0.5) is 11.4 Å². The summed E-state index contributed by atoms with van der Waals surface area (Å²) in [6.07, 6.45) is 0.995. The van der Waals surface area contributed by atoms with Gasteiger partial charge in [-0.15, -0.1) is 0 Å². The maximum atomic E-state index is 11.1. The lowest BCUT2D eigenvalue weighted by molar-refractivity contribution is 0.0698. The summed E-state index contributed by atoms with van der Waals surface area (Å²) in [4.78, 5) is 13.2. The number of carbonyl (C=O) groups is 1. The lowest BCUT2D eigenvalue weighted by atomic mass is 10.0. The fourth-order valence-corrected chi connectivity index (χ4v) is 2.29. The van der Waals surface area contributed by atoms with E-state index in [9.17, 15) is 4.79 Å². The molecule has 1 rings (SSSR count). The smallest absolute Gasteiger partial charge is 0.337 e. The highest BCUT2D eigenvalue weighted by molar-refractivity contribution is 5.97. The Balaban J connectivity index is 2.92. The van der Waals surface area contributed by atoms with E-state index in [2.05, 4.69) is 24.1 Å². The number of benzene rings is 1. The molecular formula is C15H25N3O2. The number of likely N-dealkylation sites (N-methyl/N-ethyl adjacent to an activating group) is 1. The van der Waals surface area contributed by atoms with Gasteiger partial charge in [-0.2, -0.15) is 0 Å². The van der Waals surface area contributed by atoms with Crippen LogP contribution >= 0.6 is 0 Å². The van der Waals surface area contributed by atoms with Crippen molar-refractivity contribution in [1.82, 2.24) is 4.90 Å². The van der Waals surface area contributed by atoms with Crippen molar-refractivity contribution in [1.29, 1.82) is 0 Å². The lowest BCUT2D eigenvalue weighted by Crippen LogP contribution is -2.33. The van der Waals surface area contributed by atoms with Crippen molar-refractivity contribution in [3.8, 4) is 0 Å². The largest absolute Gasteiger partial charge is 0.478 e. The van der Waals surface area contributed by atoms with Gasteiger partial charge in [-0.1, -0.05) is 19.9 Å². The summed E-state index contributed by atoms with van der Waals surface area (Å²) >= 11 is 0. The maximum absolute atomic E-state index is 11.1. The van der Waals surface area contributed by atoms with Crippen LogP contribution in [0.5, 0.6) is 0 Å². The molecule has 0 fully saturated rings. The standard InChI is InChI=1S/C15H25N3O2/c1-10(2)8-11(9-18(3)4)17-13-7-5-6-12(14(13)16)15(19)20/h5-7,10-11,17H,8-9,16H2,1-4H3,(H,19,20). The molecule has 1 aromatic carbocycles. The van der Waals surface area contributed by atoms with E-state index in [1.807, 2.05) is 20.2 Å². The predicted octanol–water partition coefficient (Wildman–Crippen LogP) is 2.36. The first-order valence-corrected chi connectivity index (χ1v) is 6.84. The van der Waals surface area contributed by atoms with Crippen LogP contribution in [0.15, 0.2) is 18.2 Å². The Morgan fingerprint density at radius 1 is 1.40 bits per heavy atom. The van der Waals surface area contributed by atoms with Crippen LogP contribution in [0, 0.1) is 5.92 Å². The van der Waals surface area contributed by atoms with E-state index in [1.165, 1.54) is 6.07 Å². The maximum Gasteiger partial charge on any atom is 0.337 e. The molecule has 0 aliphatic heterocycles. The first-order valence-electron chi connectivity index (χ1n) is 6.84. The first-order chi connectivity index (χ1) is 9.31. The summed E-state index contributed by atoms with van der Waals surface area (Å²) in [6, 6.07) is 5.29. The van der Waals surface area contributed by atoms with E-state index in [0.717, 1.165) is 13.0 Å². The Hall–Kier alpha value is -1.75. The third-order valence-electron chi connectivity index (χ3n) is 3.04. The number of nitrogen functional groups attached to an aromatic ring is 1. The van der Waals surface area contributed by atoms with Crippen molar-refractivity contribution < 1.29 is 9.90 Å². The topological polar surface area (TPSA) is 78.6 Å². The molecule has 5 nitrogen and oxygen atoms in total. The zero-order chi connectivity index (χ0) is 15.3. The van der Waals surface area contributed by atoms with Gasteiger partial charge in [0.15, 0.2) is 0 Å². The predicted molar refractivity (Wildman–Crippen MR) is 83.2 cm³/mol. The fraction of sp³-hybridized carbons (Fsp3) is 0.533. The molecular weight excluding hydrogens is 254 g/mol. The molecule has 4 N–H and O–H groups in total. The number of hydrogen-bond donors (Lipinski definition) is 3. The minimum Gasteiger partial charge on any atom is -0.478 e. The van der Waals surface area contributed by atoms with Gasteiger partial charge >= 0.3 is 5.97 Å². The van der Waals surface area contributed by atoms with Crippen LogP contribution < -0.4 is 11.1 Å². The zero-order valence-corrected chi connectivity index (χ0v) is 12.7. The van der Waals surface area contributed by atoms with Gasteiger partial charge in [0.1, 0.15) is 0 Å². The number of carboxylic acids is 1. The Morgan fingerprint density at radius 2 is 2.05 bits per heavy atom. The normalized spacial score (nSPS) is 12.7. The van der Waals surface area contributed by atoms with Crippen molar-refractivity contribution in [3.63, 3.8) is 0 Å². The quantitative estimate of drug-likeness (QED) is 0.668. The van der Waals surface area contributed by atoms with E-state index < -0.39 is 5.97 Å². The molecule has 0 aromatic heterocycles. The molecule has 0 spiro atoms. The summed E-state index contributed by atoms with van der Waals surface area (Å²) in [5, 5.41) is 12.5. The summed E-state index contributed by atoms with van der Waals surface area (Å²) in [5.41, 5.74) is 7.07. The molecule has 0 amide bonds. The van der Waals surface area contributed by atoms with Gasteiger partial charge in [-0.05, 0) is 38.6 Å². The highest BCUT2D eigenvalue weighted by atomic mass is 16.4. The third kappa shape index (κ3) is 4.74. The molecule has 0 heterocycles. The first kappa shape index (κ1) is 16.3. The molecule has 0 radical (unpaired) electrons. The molecule has 0 bridgehead atoms. The van der Waals surface area contributed by atoms with E-state index in [-0.39, 0.29) is 11.6 Å². The summed E-state index contributed by atoms with van der Waals surface area (Å²) in [6.45, 7) is 5.21. The van der Waals surface area contributed by atoms with Gasteiger partial charge in [0, 0.05) is 12.6 Å².